The van der Waals surface area contributed by atoms with Gasteiger partial charge in [0.05, 0.1) is 5.41 Å². The van der Waals surface area contributed by atoms with Crippen molar-refractivity contribution in [3.8, 4) is 0 Å². The molecular weight excluding hydrogens is 420 g/mol. The molecule has 2 aromatic rings. The Bertz CT molecular complexity index is 1070. The van der Waals surface area contributed by atoms with Gasteiger partial charge in [-0.25, -0.2) is 0 Å². The van der Waals surface area contributed by atoms with E-state index in [4.69, 9.17) is 10.5 Å². The molecule has 1 aromatic carbocycles. The van der Waals surface area contributed by atoms with Crippen molar-refractivity contribution < 1.29 is 14.3 Å². The van der Waals surface area contributed by atoms with Gasteiger partial charge in [-0.15, -0.1) is 0 Å². The Labute approximate surface area is 192 Å². The van der Waals surface area contributed by atoms with Crippen molar-refractivity contribution in [3.63, 3.8) is 0 Å². The topological polar surface area (TPSA) is 132 Å². The van der Waals surface area contributed by atoms with Crippen molar-refractivity contribution in [1.29, 1.82) is 0 Å². The molecule has 1 aromatic heterocycles. The molecule has 174 valence electrons. The first-order chi connectivity index (χ1) is 15.7. The lowest BCUT2D eigenvalue weighted by atomic mass is 9.47. The second-order valence-electron chi connectivity index (χ2n) is 10.2. The molecule has 0 radical (unpaired) electrons. The normalized spacial score (nSPS) is 29.5. The minimum absolute atomic E-state index is 0.0327. The zero-order chi connectivity index (χ0) is 23.2. The molecule has 4 aliphatic carbocycles. The standard InChI is InChI=1S/C24H30N6O3/c1-14-3-5-18(6-4-14)26-22-28-19(27-21(25)29-22)12-33-20(32)23-8-16-7-17(9-23)11-24(10-16,13-23)30-15(2)31/h3-6,16-17H,7-13H2,1-2H3,(H,30,31)(H3,25,26,27,28,29). The highest BCUT2D eigenvalue weighted by Gasteiger charge is 2.61. The van der Waals surface area contributed by atoms with E-state index in [1.54, 1.807) is 6.92 Å². The third-order valence-corrected chi connectivity index (χ3v) is 7.27. The minimum atomic E-state index is -0.548. The lowest BCUT2D eigenvalue weighted by molar-refractivity contribution is -0.177. The predicted octanol–water partition coefficient (Wildman–Crippen LogP) is 3.02. The maximum Gasteiger partial charge on any atom is 0.312 e. The first-order valence-electron chi connectivity index (χ1n) is 11.5. The maximum absolute atomic E-state index is 13.3. The number of nitrogens with two attached hydrogens (primary N) is 1. The van der Waals surface area contributed by atoms with Crippen LogP contribution in [0.4, 0.5) is 17.6 Å². The fourth-order valence-electron chi connectivity index (χ4n) is 6.63. The Kier molecular flexibility index (Phi) is 5.22. The van der Waals surface area contributed by atoms with Crippen molar-refractivity contribution in [2.45, 2.75) is 64.5 Å². The number of benzene rings is 1. The Morgan fingerprint density at radius 3 is 2.45 bits per heavy atom. The molecule has 2 atom stereocenters. The number of aryl methyl sites for hydroxylation is 1. The SMILES string of the molecule is CC(=O)NC12CC3CC(C1)CC(C(=O)OCc1nc(N)nc(Nc4ccc(C)cc4)n1)(C3)C2. The van der Waals surface area contributed by atoms with Gasteiger partial charge in [0, 0.05) is 18.2 Å². The van der Waals surface area contributed by atoms with E-state index < -0.39 is 5.41 Å². The Morgan fingerprint density at radius 2 is 1.79 bits per heavy atom. The number of ether oxygens (including phenoxy) is 1. The predicted molar refractivity (Wildman–Crippen MR) is 122 cm³/mol. The van der Waals surface area contributed by atoms with E-state index >= 15 is 0 Å². The van der Waals surface area contributed by atoms with Crippen LogP contribution in [0.2, 0.25) is 0 Å². The number of nitrogens with one attached hydrogen (secondary N) is 2. The Morgan fingerprint density at radius 1 is 1.09 bits per heavy atom. The highest BCUT2D eigenvalue weighted by atomic mass is 16.5. The average molecular weight is 451 g/mol. The van der Waals surface area contributed by atoms with Gasteiger partial charge in [-0.05, 0) is 69.4 Å². The van der Waals surface area contributed by atoms with E-state index in [0.29, 0.717) is 30.0 Å². The number of esters is 1. The number of hydrogen-bond donors (Lipinski definition) is 3. The number of carbonyl (C=O) groups excluding carboxylic acids is 2. The van der Waals surface area contributed by atoms with Gasteiger partial charge in [0.2, 0.25) is 17.8 Å². The number of nitrogen functional groups attached to an aromatic ring is 1. The summed E-state index contributed by atoms with van der Waals surface area (Å²) in [5.41, 5.74) is 7.01. The van der Waals surface area contributed by atoms with Crippen molar-refractivity contribution in [2.75, 3.05) is 11.1 Å². The van der Waals surface area contributed by atoms with Gasteiger partial charge >= 0.3 is 5.97 Å². The maximum atomic E-state index is 13.3. The summed E-state index contributed by atoms with van der Waals surface area (Å²) in [5, 5.41) is 6.29. The van der Waals surface area contributed by atoms with Crippen molar-refractivity contribution in [1.82, 2.24) is 20.3 Å². The summed E-state index contributed by atoms with van der Waals surface area (Å²) in [6.07, 6.45) is 5.33. The monoisotopic (exact) mass is 450 g/mol. The molecule has 9 heteroatoms. The van der Waals surface area contributed by atoms with Crippen LogP contribution < -0.4 is 16.4 Å². The van der Waals surface area contributed by atoms with Gasteiger partial charge in [-0.3, -0.25) is 9.59 Å². The number of carbonyl (C=O) groups is 2. The van der Waals surface area contributed by atoms with Gasteiger partial charge in [-0.1, -0.05) is 17.7 Å². The smallest absolute Gasteiger partial charge is 0.312 e. The Balaban J connectivity index is 1.29. The van der Waals surface area contributed by atoms with E-state index in [9.17, 15) is 9.59 Å². The van der Waals surface area contributed by atoms with Crippen LogP contribution in [0, 0.1) is 24.2 Å². The average Bonchev–Trinajstić information content (AvgIpc) is 2.71. The fourth-order valence-corrected chi connectivity index (χ4v) is 6.63. The molecule has 6 rings (SSSR count). The number of aromatic nitrogens is 3. The van der Waals surface area contributed by atoms with Crippen LogP contribution in [0.25, 0.3) is 0 Å². The number of nitrogens with zero attached hydrogens (tertiary/aromatic N) is 3. The summed E-state index contributed by atoms with van der Waals surface area (Å²) in [4.78, 5) is 37.8. The molecule has 0 aliphatic heterocycles. The molecule has 4 bridgehead atoms. The van der Waals surface area contributed by atoms with Gasteiger partial charge < -0.3 is 21.1 Å². The van der Waals surface area contributed by atoms with Crippen molar-refractivity contribution >= 4 is 29.5 Å². The zero-order valence-electron chi connectivity index (χ0n) is 19.1. The fraction of sp³-hybridized carbons (Fsp3) is 0.542. The van der Waals surface area contributed by atoms with E-state index in [1.165, 1.54) is 0 Å². The third kappa shape index (κ3) is 4.36. The number of rotatable bonds is 6. The molecule has 33 heavy (non-hydrogen) atoms. The van der Waals surface area contributed by atoms with Crippen LogP contribution in [0.15, 0.2) is 24.3 Å². The van der Waals surface area contributed by atoms with Gasteiger partial charge in [0.15, 0.2) is 12.4 Å². The highest BCUT2D eigenvalue weighted by molar-refractivity contribution is 5.79. The van der Waals surface area contributed by atoms with Crippen molar-refractivity contribution in [3.05, 3.63) is 35.7 Å². The minimum Gasteiger partial charge on any atom is -0.457 e. The molecule has 1 heterocycles. The molecule has 0 saturated heterocycles. The van der Waals surface area contributed by atoms with E-state index in [-0.39, 0.29) is 30.0 Å². The van der Waals surface area contributed by atoms with Crippen LogP contribution in [0.5, 0.6) is 0 Å². The van der Waals surface area contributed by atoms with Crippen LogP contribution in [0.1, 0.15) is 56.8 Å². The quantitative estimate of drug-likeness (QED) is 0.572. The first kappa shape index (κ1) is 21.6. The lowest BCUT2D eigenvalue weighted by Crippen LogP contribution is -2.64. The molecule has 4 saturated carbocycles. The van der Waals surface area contributed by atoms with E-state index in [0.717, 1.165) is 43.4 Å². The summed E-state index contributed by atoms with van der Waals surface area (Å²) >= 11 is 0. The second kappa shape index (κ2) is 7.97. The van der Waals surface area contributed by atoms with Gasteiger partial charge in [-0.2, -0.15) is 15.0 Å². The number of amides is 1. The summed E-state index contributed by atoms with van der Waals surface area (Å²) in [6, 6.07) is 7.81. The number of anilines is 3. The second-order valence-corrected chi connectivity index (χ2v) is 10.2. The van der Waals surface area contributed by atoms with Gasteiger partial charge in [0.1, 0.15) is 0 Å². The molecule has 4 fully saturated rings. The summed E-state index contributed by atoms with van der Waals surface area (Å²) in [7, 11) is 0. The number of hydrogen-bond acceptors (Lipinski definition) is 8. The Hall–Kier alpha value is -3.23. The summed E-state index contributed by atoms with van der Waals surface area (Å²) in [6.45, 7) is 3.49. The molecule has 1 amide bonds. The molecule has 0 spiro atoms. The van der Waals surface area contributed by atoms with Crippen molar-refractivity contribution in [2.24, 2.45) is 17.3 Å². The van der Waals surface area contributed by atoms with E-state index in [2.05, 4.69) is 25.6 Å². The first-order valence-corrected chi connectivity index (χ1v) is 11.5. The molecule has 4 aliphatic rings. The largest absolute Gasteiger partial charge is 0.457 e. The third-order valence-electron chi connectivity index (χ3n) is 7.27. The summed E-state index contributed by atoms with van der Waals surface area (Å²) in [5.74, 6) is 1.30. The summed E-state index contributed by atoms with van der Waals surface area (Å²) < 4.78 is 5.75. The van der Waals surface area contributed by atoms with Crippen LogP contribution in [-0.4, -0.2) is 32.4 Å². The van der Waals surface area contributed by atoms with E-state index in [1.807, 2.05) is 31.2 Å². The molecule has 4 N–H and O–H groups in total. The molecule has 2 unspecified atom stereocenters. The van der Waals surface area contributed by atoms with Crippen LogP contribution in [-0.2, 0) is 20.9 Å². The van der Waals surface area contributed by atoms with Gasteiger partial charge in [0.25, 0.3) is 0 Å². The van der Waals surface area contributed by atoms with Crippen LogP contribution in [0.3, 0.4) is 0 Å². The van der Waals surface area contributed by atoms with Crippen LogP contribution >= 0.6 is 0 Å². The highest BCUT2D eigenvalue weighted by Crippen LogP contribution is 2.62. The zero-order valence-corrected chi connectivity index (χ0v) is 19.1. The lowest BCUT2D eigenvalue weighted by Gasteiger charge is -2.60. The molecular formula is C24H30N6O3. The molecule has 9 nitrogen and oxygen atoms in total.